The van der Waals surface area contributed by atoms with Gasteiger partial charge in [0.15, 0.2) is 0 Å². The Bertz CT molecular complexity index is 479. The summed E-state index contributed by atoms with van der Waals surface area (Å²) in [5, 5.41) is 2.74. The van der Waals surface area contributed by atoms with Gasteiger partial charge >= 0.3 is 132 Å². The Morgan fingerprint density at radius 2 is 1.21 bits per heavy atom. The first-order valence-corrected chi connectivity index (χ1v) is 13.1. The zero-order valence-electron chi connectivity index (χ0n) is 11.1. The van der Waals surface area contributed by atoms with Crippen LogP contribution >= 0.6 is 35.0 Å². The molecular weight excluding hydrogens is 383 g/mol. The van der Waals surface area contributed by atoms with Crippen molar-refractivity contribution < 1.29 is 0 Å². The van der Waals surface area contributed by atoms with Crippen molar-refractivity contribution in [2.75, 3.05) is 6.16 Å². The van der Waals surface area contributed by atoms with E-state index in [1.807, 2.05) is 0 Å². The van der Waals surface area contributed by atoms with Crippen molar-refractivity contribution >= 4 is 45.6 Å². The Hall–Kier alpha value is -0.170. The molecule has 0 saturated heterocycles. The van der Waals surface area contributed by atoms with Crippen molar-refractivity contribution in [2.45, 2.75) is 19.8 Å². The van der Waals surface area contributed by atoms with Gasteiger partial charge in [0, 0.05) is 0 Å². The minimum absolute atomic E-state index is 1.14. The Morgan fingerprint density at radius 3 is 1.58 bits per heavy atom. The van der Waals surface area contributed by atoms with Gasteiger partial charge in [-0.3, -0.25) is 0 Å². The maximum atomic E-state index is 4.15. The molecule has 0 amide bonds. The molecule has 0 bridgehead atoms. The summed E-state index contributed by atoms with van der Waals surface area (Å²) in [5.41, 5.74) is 0. The van der Waals surface area contributed by atoms with Crippen LogP contribution in [0.15, 0.2) is 60.7 Å². The molecule has 0 heterocycles. The minimum atomic E-state index is -2.39. The van der Waals surface area contributed by atoms with E-state index in [4.69, 9.17) is 0 Å². The Balaban J connectivity index is 2.57. The molecule has 0 aliphatic rings. The molecule has 0 aromatic heterocycles. The molecule has 0 N–H and O–H groups in total. The number of rotatable bonds is 5. The van der Waals surface area contributed by atoms with E-state index >= 15 is 0 Å². The van der Waals surface area contributed by atoms with E-state index in [1.54, 1.807) is 0 Å². The van der Waals surface area contributed by atoms with Crippen LogP contribution in [0.5, 0.6) is 0 Å². The number of unbranched alkanes of at least 4 members (excludes halogenated alkanes) is 1. The van der Waals surface area contributed by atoms with Gasteiger partial charge in [-0.1, -0.05) is 0 Å². The second kappa shape index (κ2) is 6.08. The molecule has 0 aliphatic heterocycles. The van der Waals surface area contributed by atoms with Gasteiger partial charge in [-0.15, -0.1) is 0 Å². The Labute approximate surface area is 132 Å². The van der Waals surface area contributed by atoms with Gasteiger partial charge in [0.1, 0.15) is 0 Å². The summed E-state index contributed by atoms with van der Waals surface area (Å²) in [6.45, 7) is 2.24. The molecule has 2 aromatic carbocycles. The van der Waals surface area contributed by atoms with Gasteiger partial charge in [-0.2, -0.15) is 0 Å². The van der Waals surface area contributed by atoms with Crippen LogP contribution < -0.4 is 10.6 Å². The van der Waals surface area contributed by atoms with E-state index in [-0.39, 0.29) is 0 Å². The quantitative estimate of drug-likeness (QED) is 0.571. The number of benzene rings is 2. The van der Waals surface area contributed by atoms with Crippen LogP contribution in [0.2, 0.25) is 0 Å². The molecule has 2 rings (SSSR count). The summed E-state index contributed by atoms with van der Waals surface area (Å²) >= 11 is 8.31. The third kappa shape index (κ3) is 3.12. The Kier molecular flexibility index (Phi) is 4.87. The molecule has 0 fully saturated rings. The average molecular weight is 402 g/mol. The first-order valence-electron chi connectivity index (χ1n) is 6.63. The molecule has 102 valence electrons. The van der Waals surface area contributed by atoms with E-state index in [1.165, 1.54) is 23.5 Å². The van der Waals surface area contributed by atoms with Crippen molar-refractivity contribution in [1.82, 2.24) is 0 Å². The van der Waals surface area contributed by atoms with E-state index < -0.39 is 4.01 Å². The third-order valence-electron chi connectivity index (χ3n) is 3.43. The molecule has 0 unspecified atom stereocenters. The SMILES string of the molecule is CCCCP(Br)(Br)(c1ccccc1)c1ccccc1. The fourth-order valence-electron chi connectivity index (χ4n) is 2.28. The molecule has 0 nitrogen and oxygen atoms in total. The van der Waals surface area contributed by atoms with Crippen LogP contribution in [0.25, 0.3) is 0 Å². The third-order valence-corrected chi connectivity index (χ3v) is 14.2. The summed E-state index contributed by atoms with van der Waals surface area (Å²) < 4.78 is -2.39. The van der Waals surface area contributed by atoms with Gasteiger partial charge in [-0.25, -0.2) is 0 Å². The number of hydrogen-bond donors (Lipinski definition) is 0. The van der Waals surface area contributed by atoms with Crippen molar-refractivity contribution in [3.63, 3.8) is 0 Å². The van der Waals surface area contributed by atoms with Crippen molar-refractivity contribution in [3.8, 4) is 0 Å². The van der Waals surface area contributed by atoms with E-state index in [0.29, 0.717) is 0 Å². The fourth-order valence-corrected chi connectivity index (χ4v) is 9.83. The van der Waals surface area contributed by atoms with E-state index in [0.717, 1.165) is 6.16 Å². The molecular formula is C16H19Br2P. The van der Waals surface area contributed by atoms with Crippen LogP contribution in [0, 0.1) is 0 Å². The molecule has 19 heavy (non-hydrogen) atoms. The van der Waals surface area contributed by atoms with Crippen molar-refractivity contribution in [1.29, 1.82) is 0 Å². The standard InChI is InChI=1S/C16H19Br2P/c1-2-3-14-19(17,18,15-10-6-4-7-11-15)16-12-8-5-9-13-16/h4-13H,2-3,14H2,1H3. The fraction of sp³-hybridized carbons (Fsp3) is 0.250. The second-order valence-corrected chi connectivity index (χ2v) is 20.7. The molecule has 2 aromatic rings. The predicted octanol–water partition coefficient (Wildman–Crippen LogP) is 5.61. The molecule has 0 aliphatic carbocycles. The van der Waals surface area contributed by atoms with Crippen LogP contribution in [-0.2, 0) is 0 Å². The average Bonchev–Trinajstić information content (AvgIpc) is 2.47. The molecule has 3 heteroatoms. The van der Waals surface area contributed by atoms with Crippen molar-refractivity contribution in [3.05, 3.63) is 60.7 Å². The first-order chi connectivity index (χ1) is 9.07. The van der Waals surface area contributed by atoms with Gasteiger partial charge in [0.05, 0.1) is 0 Å². The van der Waals surface area contributed by atoms with Crippen LogP contribution in [-0.4, -0.2) is 6.16 Å². The molecule has 0 saturated carbocycles. The Morgan fingerprint density at radius 1 is 0.789 bits per heavy atom. The second-order valence-electron chi connectivity index (χ2n) is 4.82. The van der Waals surface area contributed by atoms with Crippen LogP contribution in [0.4, 0.5) is 0 Å². The van der Waals surface area contributed by atoms with Crippen LogP contribution in [0.3, 0.4) is 0 Å². The van der Waals surface area contributed by atoms with E-state index in [2.05, 4.69) is 98.6 Å². The zero-order chi connectivity index (χ0) is 13.8. The number of halogens is 2. The topological polar surface area (TPSA) is 0 Å². The zero-order valence-corrected chi connectivity index (χ0v) is 15.2. The maximum absolute atomic E-state index is 4.15. The monoisotopic (exact) mass is 400 g/mol. The summed E-state index contributed by atoms with van der Waals surface area (Å²) in [6, 6.07) is 21.5. The first kappa shape index (κ1) is 15.2. The predicted molar refractivity (Wildman–Crippen MR) is 96.7 cm³/mol. The molecule has 0 atom stereocenters. The van der Waals surface area contributed by atoms with Gasteiger partial charge in [0.25, 0.3) is 0 Å². The van der Waals surface area contributed by atoms with Crippen molar-refractivity contribution in [2.24, 2.45) is 0 Å². The van der Waals surface area contributed by atoms with Crippen LogP contribution in [0.1, 0.15) is 19.8 Å². The normalized spacial score (nSPS) is 13.7. The number of hydrogen-bond acceptors (Lipinski definition) is 0. The van der Waals surface area contributed by atoms with E-state index in [9.17, 15) is 0 Å². The van der Waals surface area contributed by atoms with Gasteiger partial charge in [0.2, 0.25) is 0 Å². The van der Waals surface area contributed by atoms with Gasteiger partial charge in [-0.05, 0) is 0 Å². The summed E-state index contributed by atoms with van der Waals surface area (Å²) in [4.78, 5) is 0. The summed E-state index contributed by atoms with van der Waals surface area (Å²) in [5.74, 6) is 0. The molecule has 0 radical (unpaired) electrons. The summed E-state index contributed by atoms with van der Waals surface area (Å²) in [6.07, 6.45) is 3.54. The molecule has 0 spiro atoms. The van der Waals surface area contributed by atoms with Gasteiger partial charge < -0.3 is 0 Å². The summed E-state index contributed by atoms with van der Waals surface area (Å²) in [7, 11) is 0.